The second-order valence-electron chi connectivity index (χ2n) is 2.14. The summed E-state index contributed by atoms with van der Waals surface area (Å²) in [6, 6.07) is 7.67. The fraction of sp³-hybridized carbons (Fsp3) is 0.125. The fourth-order valence-electron chi connectivity index (χ4n) is 0.777. The first-order chi connectivity index (χ1) is 5.86. The van der Waals surface area contributed by atoms with Crippen LogP contribution in [0.25, 0.3) is 0 Å². The third-order valence-electron chi connectivity index (χ3n) is 1.35. The van der Waals surface area contributed by atoms with Crippen LogP contribution < -0.4 is 0 Å². The normalized spacial score (nSPS) is 9.42. The molecule has 12 heavy (non-hydrogen) atoms. The maximum absolute atomic E-state index is 9.86. The summed E-state index contributed by atoms with van der Waals surface area (Å²) in [6.07, 6.45) is 0. The average Bonchev–Trinajstić information content (AvgIpc) is 2.15. The summed E-state index contributed by atoms with van der Waals surface area (Å²) in [5, 5.41) is 0. The molecule has 0 aliphatic rings. The van der Waals surface area contributed by atoms with E-state index in [4.69, 9.17) is 0 Å². The van der Waals surface area contributed by atoms with Gasteiger partial charge in [-0.3, -0.25) is 4.79 Å². The lowest BCUT2D eigenvalue weighted by atomic mass is 10.2. The number of thiol groups is 1. The molecule has 0 atom stereocenters. The molecule has 0 saturated carbocycles. The lowest BCUT2D eigenvalue weighted by Crippen LogP contribution is -1.88. The Hall–Kier alpha value is -0.610. The summed E-state index contributed by atoms with van der Waals surface area (Å²) in [7, 11) is 1.39. The molecule has 0 amide bonds. The molecule has 1 rings (SSSR count). The van der Waals surface area contributed by atoms with Crippen LogP contribution in [0.1, 0.15) is 5.56 Å². The maximum Gasteiger partial charge on any atom is 0.293 e. The monoisotopic (exact) mass is 200 g/mol. The van der Waals surface area contributed by atoms with Crippen molar-refractivity contribution in [1.82, 2.24) is 0 Å². The van der Waals surface area contributed by atoms with Gasteiger partial charge in [0, 0.05) is 4.90 Å². The van der Waals surface area contributed by atoms with E-state index in [1.54, 1.807) is 0 Å². The molecule has 0 radical (unpaired) electrons. The summed E-state index contributed by atoms with van der Waals surface area (Å²) in [4.78, 5) is 10.9. The highest BCUT2D eigenvalue weighted by molar-refractivity contribution is 8.68. The van der Waals surface area contributed by atoms with Gasteiger partial charge in [-0.05, 0) is 17.7 Å². The van der Waals surface area contributed by atoms with Crippen molar-refractivity contribution in [3.8, 4) is 0 Å². The van der Waals surface area contributed by atoms with Crippen molar-refractivity contribution in [2.24, 2.45) is 0 Å². The largest absolute Gasteiger partial charge is 0.463 e. The van der Waals surface area contributed by atoms with E-state index in [1.807, 2.05) is 24.3 Å². The second-order valence-corrected chi connectivity index (χ2v) is 3.34. The predicted octanol–water partition coefficient (Wildman–Crippen LogP) is 2.30. The van der Waals surface area contributed by atoms with E-state index < -0.39 is 0 Å². The smallest absolute Gasteiger partial charge is 0.293 e. The number of rotatable bonds is 4. The first kappa shape index (κ1) is 9.48. The molecular formula is C8H8O2S2. The average molecular weight is 200 g/mol. The topological polar surface area (TPSA) is 26.3 Å². The van der Waals surface area contributed by atoms with Gasteiger partial charge < -0.3 is 4.74 Å². The Labute approximate surface area is 80.1 Å². The molecule has 2 nitrogen and oxygen atoms in total. The molecule has 0 aromatic heterocycles. The molecule has 0 bridgehead atoms. The van der Waals surface area contributed by atoms with Crippen molar-refractivity contribution in [1.29, 1.82) is 0 Å². The van der Waals surface area contributed by atoms with Crippen LogP contribution >= 0.6 is 22.5 Å². The second kappa shape index (κ2) is 5.11. The molecule has 0 aliphatic carbocycles. The number of carbonyl (C=O) groups is 1. The van der Waals surface area contributed by atoms with Crippen molar-refractivity contribution in [2.75, 3.05) is 0 Å². The van der Waals surface area contributed by atoms with Crippen molar-refractivity contribution in [3.05, 3.63) is 29.8 Å². The molecule has 1 aromatic carbocycles. The molecule has 0 fully saturated rings. The molecule has 0 saturated heterocycles. The first-order valence-electron chi connectivity index (χ1n) is 3.32. The van der Waals surface area contributed by atoms with Gasteiger partial charge in [-0.2, -0.15) is 0 Å². The minimum atomic E-state index is 0.334. The lowest BCUT2D eigenvalue weighted by molar-refractivity contribution is -0.129. The van der Waals surface area contributed by atoms with Crippen molar-refractivity contribution in [3.63, 3.8) is 0 Å². The van der Waals surface area contributed by atoms with Gasteiger partial charge in [0.15, 0.2) is 0 Å². The van der Waals surface area contributed by atoms with E-state index >= 15 is 0 Å². The minimum absolute atomic E-state index is 0.334. The van der Waals surface area contributed by atoms with Crippen LogP contribution in [0.4, 0.5) is 0 Å². The Morgan fingerprint density at radius 1 is 1.42 bits per heavy atom. The van der Waals surface area contributed by atoms with Gasteiger partial charge in [-0.15, -0.1) is 11.7 Å². The van der Waals surface area contributed by atoms with Crippen LogP contribution in [0.15, 0.2) is 29.2 Å². The Kier molecular flexibility index (Phi) is 4.04. The highest BCUT2D eigenvalue weighted by atomic mass is 33.1. The molecule has 0 heterocycles. The Bertz CT molecular complexity index is 246. The summed E-state index contributed by atoms with van der Waals surface area (Å²) < 4.78 is 4.59. The Morgan fingerprint density at radius 3 is 2.58 bits per heavy atom. The van der Waals surface area contributed by atoms with Gasteiger partial charge in [0.25, 0.3) is 6.47 Å². The molecular weight excluding hydrogens is 192 g/mol. The number of ether oxygens (including phenoxy) is 1. The summed E-state index contributed by atoms with van der Waals surface area (Å²) in [5.74, 6) is 0. The quantitative estimate of drug-likeness (QED) is 0.459. The molecule has 0 unspecified atom stereocenters. The fourth-order valence-corrected chi connectivity index (χ4v) is 1.40. The van der Waals surface area contributed by atoms with Crippen LogP contribution in [0, 0.1) is 0 Å². The van der Waals surface area contributed by atoms with E-state index in [0.29, 0.717) is 13.1 Å². The molecule has 0 spiro atoms. The Morgan fingerprint density at radius 2 is 2.08 bits per heavy atom. The summed E-state index contributed by atoms with van der Waals surface area (Å²) in [6.45, 7) is 0.780. The number of hydrogen-bond donors (Lipinski definition) is 1. The van der Waals surface area contributed by atoms with Crippen molar-refractivity contribution < 1.29 is 9.53 Å². The minimum Gasteiger partial charge on any atom is -0.463 e. The van der Waals surface area contributed by atoms with Crippen LogP contribution in [-0.4, -0.2) is 6.47 Å². The number of carbonyl (C=O) groups excluding carboxylic acids is 1. The highest BCUT2D eigenvalue weighted by Crippen LogP contribution is 2.21. The van der Waals surface area contributed by atoms with E-state index in [9.17, 15) is 4.79 Å². The zero-order chi connectivity index (χ0) is 8.81. The van der Waals surface area contributed by atoms with Gasteiger partial charge in [-0.1, -0.05) is 22.9 Å². The zero-order valence-corrected chi connectivity index (χ0v) is 7.98. The molecule has 64 valence electrons. The van der Waals surface area contributed by atoms with E-state index in [2.05, 4.69) is 16.4 Å². The SMILES string of the molecule is O=COCc1ccc(SS)cc1. The lowest BCUT2D eigenvalue weighted by Gasteiger charge is -1.99. The number of hydrogen-bond acceptors (Lipinski definition) is 4. The summed E-state index contributed by atoms with van der Waals surface area (Å²) in [5.41, 5.74) is 0.980. The number of benzene rings is 1. The van der Waals surface area contributed by atoms with Gasteiger partial charge in [-0.25, -0.2) is 0 Å². The van der Waals surface area contributed by atoms with E-state index in [0.717, 1.165) is 10.5 Å². The van der Waals surface area contributed by atoms with Crippen LogP contribution in [0.2, 0.25) is 0 Å². The van der Waals surface area contributed by atoms with Gasteiger partial charge in [0.05, 0.1) is 0 Å². The molecule has 0 N–H and O–H groups in total. The molecule has 1 aromatic rings. The van der Waals surface area contributed by atoms with E-state index in [1.165, 1.54) is 10.8 Å². The van der Waals surface area contributed by atoms with Crippen molar-refractivity contribution >= 4 is 28.9 Å². The highest BCUT2D eigenvalue weighted by Gasteiger charge is 1.93. The first-order valence-corrected chi connectivity index (χ1v) is 5.19. The zero-order valence-electron chi connectivity index (χ0n) is 6.27. The third-order valence-corrected chi connectivity index (χ3v) is 2.46. The summed E-state index contributed by atoms with van der Waals surface area (Å²) >= 11 is 4.04. The van der Waals surface area contributed by atoms with Crippen LogP contribution in [0.3, 0.4) is 0 Å². The van der Waals surface area contributed by atoms with E-state index in [-0.39, 0.29) is 0 Å². The Balaban J connectivity index is 2.58. The standard InChI is InChI=1S/C8H8O2S2/c9-6-10-5-7-1-3-8(12-11)4-2-7/h1-4,6,11H,5H2. The van der Waals surface area contributed by atoms with Gasteiger partial charge >= 0.3 is 0 Å². The van der Waals surface area contributed by atoms with Crippen molar-refractivity contribution in [2.45, 2.75) is 11.5 Å². The van der Waals surface area contributed by atoms with Crippen LogP contribution in [-0.2, 0) is 16.1 Å². The predicted molar refractivity (Wildman–Crippen MR) is 52.1 cm³/mol. The van der Waals surface area contributed by atoms with Crippen LogP contribution in [0.5, 0.6) is 0 Å². The van der Waals surface area contributed by atoms with Gasteiger partial charge in [0.2, 0.25) is 0 Å². The van der Waals surface area contributed by atoms with Gasteiger partial charge in [0.1, 0.15) is 6.61 Å². The molecule has 0 aliphatic heterocycles. The maximum atomic E-state index is 9.86. The molecule has 4 heteroatoms. The third kappa shape index (κ3) is 2.79.